The minimum atomic E-state index is -0.0787. The number of carbonyl (C=O) groups is 1. The summed E-state index contributed by atoms with van der Waals surface area (Å²) in [5.74, 6) is 1.60. The smallest absolute Gasteiger partial charge is 0.318 e. The maximum Gasteiger partial charge on any atom is 0.318 e. The van der Waals surface area contributed by atoms with Crippen LogP contribution in [0.1, 0.15) is 42.1 Å². The monoisotopic (exact) mass is 332 g/mol. The van der Waals surface area contributed by atoms with E-state index in [1.54, 1.807) is 6.26 Å². The van der Waals surface area contributed by atoms with Crippen LogP contribution in [0.25, 0.3) is 0 Å². The van der Waals surface area contributed by atoms with Gasteiger partial charge in [-0.05, 0) is 46.0 Å². The maximum absolute atomic E-state index is 12.6. The molecule has 7 nitrogen and oxygen atoms in total. The van der Waals surface area contributed by atoms with Crippen LogP contribution in [0.15, 0.2) is 33.4 Å². The van der Waals surface area contributed by atoms with Crippen LogP contribution in [0, 0.1) is 6.92 Å². The molecule has 0 aliphatic carbocycles. The van der Waals surface area contributed by atoms with Crippen molar-refractivity contribution < 1.29 is 13.7 Å². The number of aromatic nitrogens is 1. The normalized spacial score (nSPS) is 19.0. The van der Waals surface area contributed by atoms with Gasteiger partial charge in [0.1, 0.15) is 5.76 Å². The molecular weight excluding hydrogens is 308 g/mol. The Labute approximate surface area is 141 Å². The fourth-order valence-corrected chi connectivity index (χ4v) is 3.15. The number of hydrogen-bond donors (Lipinski definition) is 1. The molecule has 24 heavy (non-hydrogen) atoms. The zero-order chi connectivity index (χ0) is 17.1. The fourth-order valence-electron chi connectivity index (χ4n) is 3.15. The Morgan fingerprint density at radius 2 is 2.38 bits per heavy atom. The summed E-state index contributed by atoms with van der Waals surface area (Å²) in [6.07, 6.45) is 3.51. The number of nitrogens with zero attached hydrogens (tertiary/aromatic N) is 3. The van der Waals surface area contributed by atoms with Crippen molar-refractivity contribution in [3.05, 3.63) is 41.7 Å². The number of hydrogen-bond acceptors (Lipinski definition) is 5. The molecule has 0 saturated carbocycles. The summed E-state index contributed by atoms with van der Waals surface area (Å²) in [6, 6.07) is 5.57. The van der Waals surface area contributed by atoms with Crippen molar-refractivity contribution in [3.8, 4) is 0 Å². The third-order valence-electron chi connectivity index (χ3n) is 4.43. The molecule has 2 amide bonds. The van der Waals surface area contributed by atoms with E-state index in [9.17, 15) is 4.79 Å². The molecule has 1 saturated heterocycles. The van der Waals surface area contributed by atoms with Crippen LogP contribution in [-0.4, -0.2) is 48.2 Å². The van der Waals surface area contributed by atoms with Gasteiger partial charge >= 0.3 is 6.03 Å². The van der Waals surface area contributed by atoms with Gasteiger partial charge in [0.05, 0.1) is 24.0 Å². The molecule has 1 N–H and O–H groups in total. The largest absolute Gasteiger partial charge is 0.468 e. The van der Waals surface area contributed by atoms with Gasteiger partial charge in [-0.1, -0.05) is 5.16 Å². The maximum atomic E-state index is 12.6. The summed E-state index contributed by atoms with van der Waals surface area (Å²) in [6.45, 7) is 3.10. The SMILES string of the molecule is Cc1cc([C@@H]2CCCN2C(=O)NC[C@H](c2ccco2)N(C)C)on1. The lowest BCUT2D eigenvalue weighted by Gasteiger charge is -2.26. The molecular formula is C17H24N4O3. The number of furan rings is 1. The summed E-state index contributed by atoms with van der Waals surface area (Å²) in [7, 11) is 3.94. The second-order valence-electron chi connectivity index (χ2n) is 6.40. The zero-order valence-electron chi connectivity index (χ0n) is 14.4. The van der Waals surface area contributed by atoms with Gasteiger partial charge in [0.25, 0.3) is 0 Å². The molecule has 1 aliphatic rings. The number of amides is 2. The van der Waals surface area contributed by atoms with E-state index in [0.29, 0.717) is 6.54 Å². The van der Waals surface area contributed by atoms with Crippen molar-refractivity contribution in [2.24, 2.45) is 0 Å². The quantitative estimate of drug-likeness (QED) is 0.911. The van der Waals surface area contributed by atoms with Gasteiger partial charge in [-0.3, -0.25) is 4.90 Å². The lowest BCUT2D eigenvalue weighted by atomic mass is 10.1. The number of urea groups is 1. The van der Waals surface area contributed by atoms with Crippen molar-refractivity contribution in [2.75, 3.05) is 27.2 Å². The fraction of sp³-hybridized carbons (Fsp3) is 0.529. The zero-order valence-corrected chi connectivity index (χ0v) is 14.4. The van der Waals surface area contributed by atoms with Gasteiger partial charge in [-0.15, -0.1) is 0 Å². The van der Waals surface area contributed by atoms with Gasteiger partial charge in [0, 0.05) is 19.2 Å². The standard InChI is InChI=1S/C17H24N4O3/c1-12-10-16(24-19-12)13-6-4-8-21(13)17(22)18-11-14(20(2)3)15-7-5-9-23-15/h5,7,9-10,13-14H,4,6,8,11H2,1-3H3,(H,18,22)/t13-,14+/m0/s1. The van der Waals surface area contributed by atoms with Gasteiger partial charge < -0.3 is 19.2 Å². The van der Waals surface area contributed by atoms with Crippen molar-refractivity contribution in [1.82, 2.24) is 20.3 Å². The highest BCUT2D eigenvalue weighted by Gasteiger charge is 2.33. The lowest BCUT2D eigenvalue weighted by molar-refractivity contribution is 0.176. The second-order valence-corrected chi connectivity index (χ2v) is 6.40. The van der Waals surface area contributed by atoms with Crippen LogP contribution in [0.3, 0.4) is 0 Å². The molecule has 3 heterocycles. The molecule has 1 fully saturated rings. The molecule has 0 aromatic carbocycles. The first-order valence-corrected chi connectivity index (χ1v) is 8.24. The van der Waals surface area contributed by atoms with Crippen molar-refractivity contribution in [1.29, 1.82) is 0 Å². The Bertz CT molecular complexity index is 665. The van der Waals surface area contributed by atoms with Gasteiger partial charge in [0.2, 0.25) is 0 Å². The van der Waals surface area contributed by atoms with Crippen LogP contribution >= 0.6 is 0 Å². The summed E-state index contributed by atoms with van der Waals surface area (Å²) < 4.78 is 10.8. The average molecular weight is 332 g/mol. The molecule has 2 aromatic rings. The molecule has 0 unspecified atom stereocenters. The third kappa shape index (κ3) is 3.46. The van der Waals surface area contributed by atoms with E-state index in [1.807, 2.05) is 49.0 Å². The summed E-state index contributed by atoms with van der Waals surface area (Å²) in [5.41, 5.74) is 0.836. The Balaban J connectivity index is 1.63. The number of aryl methyl sites for hydroxylation is 1. The molecule has 7 heteroatoms. The first kappa shape index (κ1) is 16.6. The number of likely N-dealkylation sites (N-methyl/N-ethyl adjacent to an activating group) is 1. The molecule has 2 atom stereocenters. The highest BCUT2D eigenvalue weighted by molar-refractivity contribution is 5.75. The average Bonchev–Trinajstić information content (AvgIpc) is 3.27. The van der Waals surface area contributed by atoms with Crippen LogP contribution in [-0.2, 0) is 0 Å². The lowest BCUT2D eigenvalue weighted by Crippen LogP contribution is -2.42. The highest BCUT2D eigenvalue weighted by atomic mass is 16.5. The van der Waals surface area contributed by atoms with Crippen LogP contribution in [0.4, 0.5) is 4.79 Å². The topological polar surface area (TPSA) is 74.8 Å². The van der Waals surface area contributed by atoms with E-state index in [4.69, 9.17) is 8.94 Å². The van der Waals surface area contributed by atoms with E-state index in [1.165, 1.54) is 0 Å². The molecule has 3 rings (SSSR count). The Hall–Kier alpha value is -2.28. The van der Waals surface area contributed by atoms with Gasteiger partial charge in [-0.2, -0.15) is 0 Å². The summed E-state index contributed by atoms with van der Waals surface area (Å²) in [4.78, 5) is 16.5. The van der Waals surface area contributed by atoms with Crippen molar-refractivity contribution in [2.45, 2.75) is 31.8 Å². The van der Waals surface area contributed by atoms with Crippen molar-refractivity contribution >= 4 is 6.03 Å². The summed E-state index contributed by atoms with van der Waals surface area (Å²) in [5, 5.41) is 6.96. The van der Waals surface area contributed by atoms with Crippen LogP contribution in [0.5, 0.6) is 0 Å². The van der Waals surface area contributed by atoms with Crippen LogP contribution in [0.2, 0.25) is 0 Å². The molecule has 0 bridgehead atoms. The van der Waals surface area contributed by atoms with Crippen LogP contribution < -0.4 is 5.32 Å². The summed E-state index contributed by atoms with van der Waals surface area (Å²) >= 11 is 0. The molecule has 0 spiro atoms. The highest BCUT2D eigenvalue weighted by Crippen LogP contribution is 2.32. The second kappa shape index (κ2) is 7.09. The Kier molecular flexibility index (Phi) is 4.89. The van der Waals surface area contributed by atoms with E-state index < -0.39 is 0 Å². The number of carbonyl (C=O) groups excluding carboxylic acids is 1. The molecule has 2 aromatic heterocycles. The third-order valence-corrected chi connectivity index (χ3v) is 4.43. The Morgan fingerprint density at radius 1 is 1.54 bits per heavy atom. The minimum absolute atomic E-state index is 0.00229. The minimum Gasteiger partial charge on any atom is -0.468 e. The molecule has 130 valence electrons. The predicted octanol–water partition coefficient (Wildman–Crippen LogP) is 2.73. The molecule has 0 radical (unpaired) electrons. The Morgan fingerprint density at radius 3 is 3.00 bits per heavy atom. The number of likely N-dealkylation sites (tertiary alicyclic amines) is 1. The van der Waals surface area contributed by atoms with Crippen molar-refractivity contribution in [3.63, 3.8) is 0 Å². The number of rotatable bonds is 5. The predicted molar refractivity (Wildman–Crippen MR) is 88.5 cm³/mol. The van der Waals surface area contributed by atoms with E-state index in [0.717, 1.165) is 36.6 Å². The van der Waals surface area contributed by atoms with E-state index in [-0.39, 0.29) is 18.1 Å². The first-order valence-electron chi connectivity index (χ1n) is 8.24. The first-order chi connectivity index (χ1) is 11.6. The number of nitrogens with one attached hydrogen (secondary N) is 1. The van der Waals surface area contributed by atoms with Gasteiger partial charge in [0.15, 0.2) is 5.76 Å². The molecule has 1 aliphatic heterocycles. The van der Waals surface area contributed by atoms with E-state index in [2.05, 4.69) is 10.5 Å². The van der Waals surface area contributed by atoms with E-state index >= 15 is 0 Å². The van der Waals surface area contributed by atoms with Gasteiger partial charge in [-0.25, -0.2) is 4.79 Å².